The van der Waals surface area contributed by atoms with Crippen LogP contribution < -0.4 is 11.4 Å². The van der Waals surface area contributed by atoms with Gasteiger partial charge in [-0.3, -0.25) is 9.36 Å². The third kappa shape index (κ3) is 5.24. The Kier molecular flexibility index (Phi) is 8.26. The summed E-state index contributed by atoms with van der Waals surface area (Å²) in [6, 6.07) is 1.33. The lowest BCUT2D eigenvalue weighted by atomic mass is 10.1. The van der Waals surface area contributed by atoms with Crippen LogP contribution in [0.25, 0.3) is 0 Å². The van der Waals surface area contributed by atoms with E-state index in [0.717, 1.165) is 30.3 Å². The van der Waals surface area contributed by atoms with Gasteiger partial charge >= 0.3 is 11.7 Å². The Morgan fingerprint density at radius 3 is 2.79 bits per heavy atom. The van der Waals surface area contributed by atoms with Crippen molar-refractivity contribution in [3.63, 3.8) is 0 Å². The molecule has 8 nitrogen and oxygen atoms in total. The number of hydrogen-bond donors (Lipinski definition) is 2. The summed E-state index contributed by atoms with van der Waals surface area (Å²) in [5.74, 6) is -0.450. The van der Waals surface area contributed by atoms with Crippen LogP contribution in [0.4, 0.5) is 10.2 Å². The van der Waals surface area contributed by atoms with Gasteiger partial charge in [-0.1, -0.05) is 39.5 Å². The molecule has 0 aromatic carbocycles. The molecule has 0 unspecified atom stereocenters. The van der Waals surface area contributed by atoms with E-state index in [1.807, 2.05) is 0 Å². The molecular weight excluding hydrogens is 389 g/mol. The number of aliphatic hydroxyl groups excluding tert-OH is 1. The average Bonchev–Trinajstić information content (AvgIpc) is 2.92. The van der Waals surface area contributed by atoms with Gasteiger partial charge in [0.05, 0.1) is 12.0 Å². The molecule has 4 atom stereocenters. The van der Waals surface area contributed by atoms with E-state index in [1.165, 1.54) is 12.3 Å². The Bertz CT molecular complexity index is 719. The first-order chi connectivity index (χ1) is 13.3. The van der Waals surface area contributed by atoms with Crippen molar-refractivity contribution in [1.82, 2.24) is 9.55 Å². The van der Waals surface area contributed by atoms with Gasteiger partial charge in [0.25, 0.3) is 0 Å². The van der Waals surface area contributed by atoms with Crippen LogP contribution in [0.3, 0.4) is 0 Å². The number of unbranched alkanes of at least 4 members (excludes halogenated alkanes) is 4. The van der Waals surface area contributed by atoms with E-state index in [4.69, 9.17) is 14.7 Å². The summed E-state index contributed by atoms with van der Waals surface area (Å²) in [5, 5.41) is 10.4. The van der Waals surface area contributed by atoms with Crippen LogP contribution in [0.5, 0.6) is 0 Å². The smallest absolute Gasteiger partial charge is 0.351 e. The Labute approximate surface area is 167 Å². The normalized spacial score (nSPS) is 27.1. The zero-order chi connectivity index (χ0) is 20.7. The summed E-state index contributed by atoms with van der Waals surface area (Å²) in [6.45, 7) is 3.79. The molecule has 3 N–H and O–H groups in total. The van der Waals surface area contributed by atoms with E-state index in [9.17, 15) is 19.1 Å². The molecule has 0 spiro atoms. The molecule has 158 valence electrons. The van der Waals surface area contributed by atoms with Crippen molar-refractivity contribution in [2.24, 2.45) is 0 Å². The van der Waals surface area contributed by atoms with E-state index in [1.54, 1.807) is 6.92 Å². The molecule has 1 fully saturated rings. The fourth-order valence-electron chi connectivity index (χ4n) is 3.02. The third-order valence-electron chi connectivity index (χ3n) is 4.72. The maximum atomic E-state index is 14.7. The first-order valence-electron chi connectivity index (χ1n) is 9.57. The molecular formula is C18H28FN3O5S. The van der Waals surface area contributed by atoms with Crippen LogP contribution in [0.1, 0.15) is 65.0 Å². The van der Waals surface area contributed by atoms with Crippen molar-refractivity contribution in [3.05, 3.63) is 22.7 Å². The van der Waals surface area contributed by atoms with E-state index >= 15 is 0 Å². The van der Waals surface area contributed by atoms with Crippen molar-refractivity contribution >= 4 is 23.8 Å². The van der Waals surface area contributed by atoms with Gasteiger partial charge in [-0.05, 0) is 18.9 Å². The predicted octanol–water partition coefficient (Wildman–Crippen LogP) is 2.71. The Balaban J connectivity index is 1.99. The van der Waals surface area contributed by atoms with Crippen molar-refractivity contribution in [3.8, 4) is 0 Å². The number of aromatic nitrogens is 2. The summed E-state index contributed by atoms with van der Waals surface area (Å²) < 4.78 is 26.5. The second-order valence-corrected chi connectivity index (χ2v) is 7.83. The largest absolute Gasteiger partial charge is 0.388 e. The molecule has 1 aromatic rings. The number of carbonyl (C=O) groups is 1. The highest BCUT2D eigenvalue weighted by molar-refractivity contribution is 7.96. The molecule has 28 heavy (non-hydrogen) atoms. The van der Waals surface area contributed by atoms with Crippen LogP contribution in [0, 0.1) is 0 Å². The predicted molar refractivity (Wildman–Crippen MR) is 104 cm³/mol. The molecule has 10 heteroatoms. The number of aliphatic hydroxyl groups is 1. The van der Waals surface area contributed by atoms with Crippen LogP contribution in [0.2, 0.25) is 0 Å². The fraction of sp³-hybridized carbons (Fsp3) is 0.722. The van der Waals surface area contributed by atoms with Crippen LogP contribution in [0.15, 0.2) is 17.1 Å². The highest BCUT2D eigenvalue weighted by Gasteiger charge is 2.57. The first-order valence-corrected chi connectivity index (χ1v) is 10.3. The average molecular weight is 418 g/mol. The van der Waals surface area contributed by atoms with Gasteiger partial charge in [-0.15, -0.1) is 0 Å². The number of anilines is 1. The van der Waals surface area contributed by atoms with Crippen LogP contribution in [-0.4, -0.2) is 37.8 Å². The van der Waals surface area contributed by atoms with Crippen molar-refractivity contribution in [1.29, 1.82) is 0 Å². The number of carbonyl (C=O) groups excluding carboxylic acids is 1. The molecule has 0 amide bonds. The maximum Gasteiger partial charge on any atom is 0.351 e. The molecule has 2 rings (SSSR count). The summed E-state index contributed by atoms with van der Waals surface area (Å²) in [7, 11) is 0. The molecule has 1 aromatic heterocycles. The van der Waals surface area contributed by atoms with Gasteiger partial charge in [-0.2, -0.15) is 4.98 Å². The molecule has 0 bridgehead atoms. The number of nitrogens with zero attached hydrogens (tertiary/aromatic N) is 2. The van der Waals surface area contributed by atoms with E-state index < -0.39 is 35.1 Å². The summed E-state index contributed by atoms with van der Waals surface area (Å²) in [5.41, 5.74) is 4.65. The standard InChI is InChI=1S/C18H28FN3O5S/c1-3-5-6-7-8-9-13(23)27-28-18(4-2)15(24)14(19)16(26-18)22-11-10-12(20)21-17(22)25/h10-11,14-16,24H,3-9H2,1-2H3,(H2,20,21,25)/t14-,15+,16-,18-/m1/s1. The number of rotatable bonds is 10. The summed E-state index contributed by atoms with van der Waals surface area (Å²) in [6.07, 6.45) is 1.74. The first kappa shape index (κ1) is 22.6. The highest BCUT2D eigenvalue weighted by atomic mass is 32.2. The van der Waals surface area contributed by atoms with E-state index in [2.05, 4.69) is 11.9 Å². The van der Waals surface area contributed by atoms with Crippen LogP contribution >= 0.6 is 12.0 Å². The van der Waals surface area contributed by atoms with Crippen molar-refractivity contribution < 1.29 is 23.2 Å². The quantitative estimate of drug-likeness (QED) is 0.441. The number of ether oxygens (including phenoxy) is 1. The molecule has 2 heterocycles. The van der Waals surface area contributed by atoms with Gasteiger partial charge in [-0.25, -0.2) is 9.18 Å². The van der Waals surface area contributed by atoms with Gasteiger partial charge < -0.3 is 19.8 Å². The summed E-state index contributed by atoms with van der Waals surface area (Å²) >= 11 is 0.605. The van der Waals surface area contributed by atoms with Crippen LogP contribution in [-0.2, 0) is 13.7 Å². The number of hydrogen-bond acceptors (Lipinski definition) is 8. The molecule has 1 aliphatic rings. The number of halogens is 1. The monoisotopic (exact) mass is 417 g/mol. The molecule has 0 saturated carbocycles. The number of alkyl halides is 1. The van der Waals surface area contributed by atoms with E-state index in [-0.39, 0.29) is 18.7 Å². The Morgan fingerprint density at radius 1 is 1.43 bits per heavy atom. The lowest BCUT2D eigenvalue weighted by Gasteiger charge is -2.27. The molecule has 1 saturated heterocycles. The van der Waals surface area contributed by atoms with Gasteiger partial charge in [0.2, 0.25) is 0 Å². The number of nitrogens with two attached hydrogens (primary N) is 1. The maximum absolute atomic E-state index is 14.7. The van der Waals surface area contributed by atoms with E-state index in [0.29, 0.717) is 18.5 Å². The second kappa shape index (κ2) is 10.2. The lowest BCUT2D eigenvalue weighted by Crippen LogP contribution is -2.39. The zero-order valence-electron chi connectivity index (χ0n) is 16.2. The van der Waals surface area contributed by atoms with Crippen molar-refractivity contribution in [2.45, 2.75) is 82.2 Å². The highest BCUT2D eigenvalue weighted by Crippen LogP contribution is 2.47. The topological polar surface area (TPSA) is 117 Å². The van der Waals surface area contributed by atoms with Crippen molar-refractivity contribution in [2.75, 3.05) is 5.73 Å². The molecule has 0 radical (unpaired) electrons. The van der Waals surface area contributed by atoms with Gasteiger partial charge in [0.15, 0.2) is 17.3 Å². The third-order valence-corrected chi connectivity index (χ3v) is 5.90. The lowest BCUT2D eigenvalue weighted by molar-refractivity contribution is -0.134. The minimum Gasteiger partial charge on any atom is -0.388 e. The Morgan fingerprint density at radius 2 is 2.14 bits per heavy atom. The number of nitrogen functional groups attached to an aromatic ring is 1. The summed E-state index contributed by atoms with van der Waals surface area (Å²) in [4.78, 5) is 26.0. The van der Waals surface area contributed by atoms with Gasteiger partial charge in [0.1, 0.15) is 11.9 Å². The fourth-order valence-corrected chi connectivity index (χ4v) is 3.82. The Hall–Kier alpha value is -1.65. The SMILES string of the molecule is CCCCCCCC(=O)OS[C@@]1(CC)O[C@@H](n2ccc(N)nc2=O)[C@H](F)[C@@H]1O. The molecule has 1 aliphatic heterocycles. The second-order valence-electron chi connectivity index (χ2n) is 6.81. The minimum absolute atomic E-state index is 0.000741. The van der Waals surface area contributed by atoms with Gasteiger partial charge in [0, 0.05) is 12.6 Å². The molecule has 0 aliphatic carbocycles. The zero-order valence-corrected chi connectivity index (χ0v) is 17.0. The minimum atomic E-state index is -1.90.